The zero-order valence-electron chi connectivity index (χ0n) is 7.80. The Morgan fingerprint density at radius 1 is 1.36 bits per heavy atom. The van der Waals surface area contributed by atoms with Gasteiger partial charge >= 0.3 is 11.9 Å². The first-order valence-corrected chi connectivity index (χ1v) is 4.61. The summed E-state index contributed by atoms with van der Waals surface area (Å²) < 4.78 is 0. The number of fused-ring (bicyclic) bond motifs is 2. The van der Waals surface area contributed by atoms with Gasteiger partial charge in [-0.25, -0.2) is 0 Å². The first-order chi connectivity index (χ1) is 6.46. The summed E-state index contributed by atoms with van der Waals surface area (Å²) in [7, 11) is 0. The van der Waals surface area contributed by atoms with Crippen molar-refractivity contribution in [2.45, 2.75) is 13.3 Å². The summed E-state index contributed by atoms with van der Waals surface area (Å²) in [6.45, 7) is 1.82. The summed E-state index contributed by atoms with van der Waals surface area (Å²) >= 11 is 0. The smallest absolute Gasteiger partial charge is 0.308 e. The van der Waals surface area contributed by atoms with Gasteiger partial charge in [-0.15, -0.1) is 0 Å². The standard InChI is InChI=1S/C10H12O4/c1-10-3-2-5(4-10)6(8(11)12)7(10)9(13)14/h2-3,5-7H,4H2,1H3,(H,11,12)(H,13,14)/t5-,6-,7-,10+/m1/s1. The highest BCUT2D eigenvalue weighted by atomic mass is 16.4. The second-order valence-corrected chi connectivity index (χ2v) is 4.41. The molecule has 0 radical (unpaired) electrons. The van der Waals surface area contributed by atoms with Gasteiger partial charge in [0.25, 0.3) is 0 Å². The molecule has 4 heteroatoms. The Hall–Kier alpha value is -1.32. The molecule has 0 aromatic carbocycles. The van der Waals surface area contributed by atoms with E-state index in [9.17, 15) is 9.59 Å². The van der Waals surface area contributed by atoms with Crippen molar-refractivity contribution in [2.75, 3.05) is 0 Å². The second-order valence-electron chi connectivity index (χ2n) is 4.41. The van der Waals surface area contributed by atoms with Crippen LogP contribution in [0, 0.1) is 23.2 Å². The summed E-state index contributed by atoms with van der Waals surface area (Å²) in [5.74, 6) is -3.60. The van der Waals surface area contributed by atoms with Crippen LogP contribution in [0.2, 0.25) is 0 Å². The van der Waals surface area contributed by atoms with Crippen molar-refractivity contribution < 1.29 is 19.8 Å². The lowest BCUT2D eigenvalue weighted by molar-refractivity contribution is -0.155. The van der Waals surface area contributed by atoms with Crippen molar-refractivity contribution in [3.63, 3.8) is 0 Å². The van der Waals surface area contributed by atoms with Gasteiger partial charge in [-0.1, -0.05) is 19.1 Å². The Kier molecular flexibility index (Phi) is 1.71. The highest BCUT2D eigenvalue weighted by Crippen LogP contribution is 2.56. The third kappa shape index (κ3) is 0.997. The second kappa shape index (κ2) is 2.59. The molecule has 2 bridgehead atoms. The molecule has 0 aromatic heterocycles. The monoisotopic (exact) mass is 196 g/mol. The number of carbonyl (C=O) groups is 2. The maximum atomic E-state index is 11.0. The van der Waals surface area contributed by atoms with E-state index in [0.717, 1.165) is 0 Å². The minimum Gasteiger partial charge on any atom is -0.481 e. The van der Waals surface area contributed by atoms with E-state index in [1.807, 2.05) is 19.1 Å². The van der Waals surface area contributed by atoms with Crippen LogP contribution < -0.4 is 0 Å². The van der Waals surface area contributed by atoms with Crippen LogP contribution in [-0.4, -0.2) is 22.2 Å². The Morgan fingerprint density at radius 3 is 2.43 bits per heavy atom. The van der Waals surface area contributed by atoms with Crippen molar-refractivity contribution in [2.24, 2.45) is 23.2 Å². The van der Waals surface area contributed by atoms with Gasteiger partial charge in [-0.2, -0.15) is 0 Å². The van der Waals surface area contributed by atoms with Gasteiger partial charge in [0.1, 0.15) is 0 Å². The Morgan fingerprint density at radius 2 is 2.00 bits per heavy atom. The van der Waals surface area contributed by atoms with Gasteiger partial charge < -0.3 is 10.2 Å². The maximum absolute atomic E-state index is 11.0. The predicted molar refractivity (Wildman–Crippen MR) is 47.6 cm³/mol. The van der Waals surface area contributed by atoms with Gasteiger partial charge in [0, 0.05) is 5.41 Å². The molecule has 1 saturated carbocycles. The molecule has 14 heavy (non-hydrogen) atoms. The van der Waals surface area contributed by atoms with Crippen LogP contribution in [0.4, 0.5) is 0 Å². The number of carboxylic acids is 2. The minimum atomic E-state index is -0.994. The topological polar surface area (TPSA) is 74.6 Å². The van der Waals surface area contributed by atoms with E-state index in [1.165, 1.54) is 0 Å². The van der Waals surface area contributed by atoms with Crippen LogP contribution in [0.25, 0.3) is 0 Å². The minimum absolute atomic E-state index is 0.0985. The first kappa shape index (κ1) is 9.24. The van der Waals surface area contributed by atoms with Crippen molar-refractivity contribution in [3.05, 3.63) is 12.2 Å². The summed E-state index contributed by atoms with van der Waals surface area (Å²) in [6, 6.07) is 0. The summed E-state index contributed by atoms with van der Waals surface area (Å²) in [6.07, 6.45) is 4.36. The lowest BCUT2D eigenvalue weighted by Crippen LogP contribution is -2.36. The van der Waals surface area contributed by atoms with Gasteiger partial charge in [0.15, 0.2) is 0 Å². The molecule has 1 fully saturated rings. The van der Waals surface area contributed by atoms with Crippen LogP contribution in [0.5, 0.6) is 0 Å². The van der Waals surface area contributed by atoms with Crippen molar-refractivity contribution in [3.8, 4) is 0 Å². The average molecular weight is 196 g/mol. The van der Waals surface area contributed by atoms with Crippen LogP contribution in [-0.2, 0) is 9.59 Å². The van der Waals surface area contributed by atoms with Crippen molar-refractivity contribution in [1.82, 2.24) is 0 Å². The quantitative estimate of drug-likeness (QED) is 0.646. The van der Waals surface area contributed by atoms with Crippen LogP contribution in [0.1, 0.15) is 13.3 Å². The molecule has 0 aliphatic heterocycles. The SMILES string of the molecule is C[C@]12C=C[C@H](C1)[C@@H](C(=O)O)[C@@H]2C(=O)O. The Bertz CT molecular complexity index is 333. The molecular weight excluding hydrogens is 184 g/mol. The number of hydrogen-bond acceptors (Lipinski definition) is 2. The van der Waals surface area contributed by atoms with Crippen LogP contribution >= 0.6 is 0 Å². The molecular formula is C10H12O4. The molecule has 0 heterocycles. The molecule has 0 amide bonds. The predicted octanol–water partition coefficient (Wildman–Crippen LogP) is 0.984. The molecule has 0 unspecified atom stereocenters. The van der Waals surface area contributed by atoms with Crippen LogP contribution in [0.15, 0.2) is 12.2 Å². The van der Waals surface area contributed by atoms with E-state index in [0.29, 0.717) is 6.42 Å². The zero-order valence-corrected chi connectivity index (χ0v) is 7.80. The van der Waals surface area contributed by atoms with Gasteiger partial charge in [0.05, 0.1) is 11.8 Å². The molecule has 76 valence electrons. The van der Waals surface area contributed by atoms with Gasteiger partial charge in [0.2, 0.25) is 0 Å². The number of rotatable bonds is 2. The molecule has 4 nitrogen and oxygen atoms in total. The summed E-state index contributed by atoms with van der Waals surface area (Å²) in [5.41, 5.74) is -0.459. The summed E-state index contributed by atoms with van der Waals surface area (Å²) in [4.78, 5) is 22.0. The first-order valence-electron chi connectivity index (χ1n) is 4.61. The van der Waals surface area contributed by atoms with Gasteiger partial charge in [-0.3, -0.25) is 9.59 Å². The fourth-order valence-corrected chi connectivity index (χ4v) is 2.88. The zero-order chi connectivity index (χ0) is 10.5. The normalized spacial score (nSPS) is 44.2. The molecule has 2 aliphatic carbocycles. The Balaban J connectivity index is 2.41. The number of hydrogen-bond donors (Lipinski definition) is 2. The third-order valence-electron chi connectivity index (χ3n) is 3.48. The highest BCUT2D eigenvalue weighted by Gasteiger charge is 2.58. The van der Waals surface area contributed by atoms with E-state index in [1.54, 1.807) is 0 Å². The average Bonchev–Trinajstić information content (AvgIpc) is 2.55. The van der Waals surface area contributed by atoms with Crippen molar-refractivity contribution in [1.29, 1.82) is 0 Å². The van der Waals surface area contributed by atoms with E-state index in [2.05, 4.69) is 0 Å². The number of allylic oxidation sites excluding steroid dienone is 2. The molecule has 2 rings (SSSR count). The maximum Gasteiger partial charge on any atom is 0.308 e. The van der Waals surface area contributed by atoms with Crippen molar-refractivity contribution >= 4 is 11.9 Å². The third-order valence-corrected chi connectivity index (χ3v) is 3.48. The number of carboxylic acid groups (broad SMARTS) is 2. The fraction of sp³-hybridized carbons (Fsp3) is 0.600. The molecule has 0 spiro atoms. The van der Waals surface area contributed by atoms with E-state index in [-0.39, 0.29) is 5.92 Å². The van der Waals surface area contributed by atoms with E-state index in [4.69, 9.17) is 10.2 Å². The van der Waals surface area contributed by atoms with Crippen LogP contribution in [0.3, 0.4) is 0 Å². The van der Waals surface area contributed by atoms with Gasteiger partial charge in [-0.05, 0) is 12.3 Å². The summed E-state index contributed by atoms with van der Waals surface area (Å²) in [5, 5.41) is 18.0. The lowest BCUT2D eigenvalue weighted by Gasteiger charge is -2.27. The Labute approximate surface area is 81.2 Å². The molecule has 0 saturated heterocycles. The number of aliphatic carboxylic acids is 2. The molecule has 2 N–H and O–H groups in total. The van der Waals surface area contributed by atoms with E-state index >= 15 is 0 Å². The largest absolute Gasteiger partial charge is 0.481 e. The van der Waals surface area contributed by atoms with E-state index < -0.39 is 29.2 Å². The highest BCUT2D eigenvalue weighted by molar-refractivity contribution is 5.83. The molecule has 0 aromatic rings. The fourth-order valence-electron chi connectivity index (χ4n) is 2.88. The molecule has 4 atom stereocenters. The molecule has 2 aliphatic rings. The lowest BCUT2D eigenvalue weighted by atomic mass is 9.75.